The molecule has 7 nitrogen and oxygen atoms in total. The maximum Gasteiger partial charge on any atom is 0.237 e. The van der Waals surface area contributed by atoms with E-state index in [1.165, 1.54) is 11.8 Å². The van der Waals surface area contributed by atoms with Gasteiger partial charge in [0.05, 0.1) is 16.6 Å². The van der Waals surface area contributed by atoms with E-state index in [9.17, 15) is 4.79 Å². The summed E-state index contributed by atoms with van der Waals surface area (Å²) in [6, 6.07) is 10.5. The molecule has 2 aromatic heterocycles. The highest BCUT2D eigenvalue weighted by Gasteiger charge is 2.20. The lowest BCUT2D eigenvalue weighted by Crippen LogP contribution is -2.23. The van der Waals surface area contributed by atoms with E-state index in [2.05, 4.69) is 25.8 Å². The Labute approximate surface area is 157 Å². The number of nitrogens with zero attached hydrogens (tertiary/aromatic N) is 5. The molecule has 0 aliphatic heterocycles. The van der Waals surface area contributed by atoms with Gasteiger partial charge in [-0.05, 0) is 53.7 Å². The van der Waals surface area contributed by atoms with Crippen molar-refractivity contribution in [3.63, 3.8) is 0 Å². The van der Waals surface area contributed by atoms with Gasteiger partial charge in [0.2, 0.25) is 11.1 Å². The number of tetrazole rings is 1. The van der Waals surface area contributed by atoms with Gasteiger partial charge in [-0.15, -0.1) is 5.10 Å². The molecule has 1 atom stereocenters. The summed E-state index contributed by atoms with van der Waals surface area (Å²) in [4.78, 5) is 16.3. The number of benzene rings is 1. The van der Waals surface area contributed by atoms with Crippen LogP contribution in [0.4, 0.5) is 5.69 Å². The lowest BCUT2D eigenvalue weighted by atomic mass is 10.3. The van der Waals surface area contributed by atoms with Crippen molar-refractivity contribution in [2.75, 3.05) is 5.32 Å². The zero-order valence-electron chi connectivity index (χ0n) is 12.9. The molecule has 0 saturated heterocycles. The standard InChI is InChI=1S/C15H12Cl2N6OS/c1-9(14(24)19-12-3-2-8-18-13(12)17)25-15-20-21-22-23(15)11-6-4-10(16)5-7-11/h2-9H,1H3,(H,19,24). The summed E-state index contributed by atoms with van der Waals surface area (Å²) < 4.78 is 1.54. The number of hydrogen-bond acceptors (Lipinski definition) is 6. The zero-order valence-corrected chi connectivity index (χ0v) is 15.3. The second kappa shape index (κ2) is 7.81. The molecule has 128 valence electrons. The van der Waals surface area contributed by atoms with Gasteiger partial charge >= 0.3 is 0 Å². The Morgan fingerprint density at radius 1 is 1.24 bits per heavy atom. The minimum absolute atomic E-state index is 0.231. The molecule has 25 heavy (non-hydrogen) atoms. The first-order valence-corrected chi connectivity index (χ1v) is 8.80. The van der Waals surface area contributed by atoms with E-state index >= 15 is 0 Å². The van der Waals surface area contributed by atoms with Crippen LogP contribution in [0.1, 0.15) is 6.92 Å². The number of pyridine rings is 1. The number of amides is 1. The SMILES string of the molecule is CC(Sc1nnnn1-c1ccc(Cl)cc1)C(=O)Nc1cccnc1Cl. The normalized spacial score (nSPS) is 12.0. The van der Waals surface area contributed by atoms with Gasteiger partial charge in [0, 0.05) is 11.2 Å². The van der Waals surface area contributed by atoms with Crippen LogP contribution < -0.4 is 5.32 Å². The van der Waals surface area contributed by atoms with Gasteiger partial charge in [0.1, 0.15) is 0 Å². The van der Waals surface area contributed by atoms with Crippen molar-refractivity contribution in [1.82, 2.24) is 25.2 Å². The van der Waals surface area contributed by atoms with E-state index in [0.29, 0.717) is 15.9 Å². The topological polar surface area (TPSA) is 85.6 Å². The van der Waals surface area contributed by atoms with Crippen LogP contribution in [0.3, 0.4) is 0 Å². The fourth-order valence-electron chi connectivity index (χ4n) is 1.92. The van der Waals surface area contributed by atoms with Gasteiger partial charge in [0.15, 0.2) is 5.15 Å². The molecule has 1 amide bonds. The van der Waals surface area contributed by atoms with Crippen LogP contribution in [0.15, 0.2) is 47.8 Å². The minimum atomic E-state index is -0.451. The largest absolute Gasteiger partial charge is 0.322 e. The Bertz CT molecular complexity index is 886. The third kappa shape index (κ3) is 4.28. The number of thioether (sulfide) groups is 1. The number of carbonyl (C=O) groups excluding carboxylic acids is 1. The quantitative estimate of drug-likeness (QED) is 0.526. The first-order chi connectivity index (χ1) is 12.0. The molecule has 1 aromatic carbocycles. The molecule has 2 heterocycles. The van der Waals surface area contributed by atoms with Crippen molar-refractivity contribution in [3.8, 4) is 5.69 Å². The van der Waals surface area contributed by atoms with Crippen LogP contribution in [-0.2, 0) is 4.79 Å². The lowest BCUT2D eigenvalue weighted by molar-refractivity contribution is -0.115. The second-order valence-corrected chi connectivity index (χ2v) is 7.04. The third-order valence-corrected chi connectivity index (χ3v) is 4.77. The summed E-state index contributed by atoms with van der Waals surface area (Å²) in [5, 5.41) is 15.2. The van der Waals surface area contributed by atoms with Crippen LogP contribution in [0.25, 0.3) is 5.69 Å². The molecule has 0 bridgehead atoms. The van der Waals surface area contributed by atoms with Crippen molar-refractivity contribution < 1.29 is 4.79 Å². The Balaban J connectivity index is 1.72. The number of nitrogens with one attached hydrogen (secondary N) is 1. The smallest absolute Gasteiger partial charge is 0.237 e. The number of halogens is 2. The average Bonchev–Trinajstić information content (AvgIpc) is 3.05. The first-order valence-electron chi connectivity index (χ1n) is 7.17. The molecule has 0 aliphatic rings. The zero-order chi connectivity index (χ0) is 17.8. The molecular weight excluding hydrogens is 383 g/mol. The number of rotatable bonds is 5. The molecule has 1 N–H and O–H groups in total. The van der Waals surface area contributed by atoms with Crippen LogP contribution in [0, 0.1) is 0 Å². The van der Waals surface area contributed by atoms with Crippen LogP contribution in [-0.4, -0.2) is 36.3 Å². The molecule has 0 radical (unpaired) electrons. The number of carbonyl (C=O) groups is 1. The van der Waals surface area contributed by atoms with Gasteiger partial charge < -0.3 is 5.32 Å². The highest BCUT2D eigenvalue weighted by atomic mass is 35.5. The monoisotopic (exact) mass is 394 g/mol. The highest BCUT2D eigenvalue weighted by Crippen LogP contribution is 2.25. The molecule has 10 heteroatoms. The molecule has 3 aromatic rings. The molecule has 0 spiro atoms. The van der Waals surface area contributed by atoms with Gasteiger partial charge in [-0.1, -0.05) is 35.0 Å². The van der Waals surface area contributed by atoms with E-state index in [4.69, 9.17) is 23.2 Å². The maximum absolute atomic E-state index is 12.4. The second-order valence-electron chi connectivity index (χ2n) is 4.94. The average molecular weight is 395 g/mol. The Hall–Kier alpha value is -2.16. The fraction of sp³-hybridized carbons (Fsp3) is 0.133. The van der Waals surface area contributed by atoms with Gasteiger partial charge in [-0.3, -0.25) is 4.79 Å². The number of aromatic nitrogens is 5. The van der Waals surface area contributed by atoms with Crippen molar-refractivity contribution in [2.24, 2.45) is 0 Å². The van der Waals surface area contributed by atoms with E-state index in [0.717, 1.165) is 5.69 Å². The van der Waals surface area contributed by atoms with Crippen LogP contribution >= 0.6 is 35.0 Å². The predicted octanol–water partition coefficient (Wildman–Crippen LogP) is 3.48. The van der Waals surface area contributed by atoms with Crippen molar-refractivity contribution >= 4 is 46.6 Å². The van der Waals surface area contributed by atoms with Gasteiger partial charge in [-0.2, -0.15) is 4.68 Å². The molecule has 0 fully saturated rings. The maximum atomic E-state index is 12.4. The first kappa shape index (κ1) is 17.7. The summed E-state index contributed by atoms with van der Waals surface area (Å²) in [5.41, 5.74) is 1.21. The third-order valence-electron chi connectivity index (χ3n) is 3.18. The van der Waals surface area contributed by atoms with Gasteiger partial charge in [0.25, 0.3) is 0 Å². The molecule has 0 aliphatic carbocycles. The Kier molecular flexibility index (Phi) is 5.52. The van der Waals surface area contributed by atoms with E-state index in [1.807, 2.05) is 0 Å². The van der Waals surface area contributed by atoms with E-state index < -0.39 is 5.25 Å². The van der Waals surface area contributed by atoms with Crippen molar-refractivity contribution in [2.45, 2.75) is 17.3 Å². The number of anilines is 1. The van der Waals surface area contributed by atoms with Crippen molar-refractivity contribution in [3.05, 3.63) is 52.8 Å². The van der Waals surface area contributed by atoms with Crippen LogP contribution in [0.2, 0.25) is 10.2 Å². The number of hydrogen-bond donors (Lipinski definition) is 1. The fourth-order valence-corrected chi connectivity index (χ4v) is 3.02. The lowest BCUT2D eigenvalue weighted by Gasteiger charge is -2.12. The summed E-state index contributed by atoms with van der Waals surface area (Å²) in [5.74, 6) is -0.231. The molecule has 1 unspecified atom stereocenters. The van der Waals surface area contributed by atoms with Gasteiger partial charge in [-0.25, -0.2) is 4.98 Å². The van der Waals surface area contributed by atoms with E-state index in [-0.39, 0.29) is 11.1 Å². The molecule has 0 saturated carbocycles. The summed E-state index contributed by atoms with van der Waals surface area (Å²) >= 11 is 13.1. The van der Waals surface area contributed by atoms with Crippen LogP contribution in [0.5, 0.6) is 0 Å². The highest BCUT2D eigenvalue weighted by molar-refractivity contribution is 8.00. The van der Waals surface area contributed by atoms with E-state index in [1.54, 1.807) is 54.2 Å². The molecule has 3 rings (SSSR count). The summed E-state index contributed by atoms with van der Waals surface area (Å²) in [6.45, 7) is 1.76. The summed E-state index contributed by atoms with van der Waals surface area (Å²) in [6.07, 6.45) is 1.55. The Morgan fingerprint density at radius 2 is 2.00 bits per heavy atom. The molecular formula is C15H12Cl2N6OS. The van der Waals surface area contributed by atoms with Crippen molar-refractivity contribution in [1.29, 1.82) is 0 Å². The summed E-state index contributed by atoms with van der Waals surface area (Å²) in [7, 11) is 0. The Morgan fingerprint density at radius 3 is 2.72 bits per heavy atom. The minimum Gasteiger partial charge on any atom is -0.322 e. The predicted molar refractivity (Wildman–Crippen MR) is 97.4 cm³/mol.